The Labute approximate surface area is 72.1 Å². The molecule has 1 unspecified atom stereocenters. The standard InChI is InChI=1S/C2F5IO2S/c3-1(4,5)2(6,8)11(7,9)10. The lowest BCUT2D eigenvalue weighted by Crippen LogP contribution is -2.39. The normalized spacial score (nSPS) is 19.5. The summed E-state index contributed by atoms with van der Waals surface area (Å²) < 4.78 is 71.7. The maximum absolute atomic E-state index is 12.0. The lowest BCUT2D eigenvalue weighted by Gasteiger charge is -2.16. The number of halogens is 6. The first-order chi connectivity index (χ1) is 4.50. The molecule has 0 saturated carbocycles. The van der Waals surface area contributed by atoms with E-state index < -0.39 is 19.4 Å². The van der Waals surface area contributed by atoms with E-state index in [1.54, 1.807) is 0 Å². The van der Waals surface area contributed by atoms with Gasteiger partial charge in [-0.15, -0.1) is 3.89 Å². The van der Waals surface area contributed by atoms with Crippen LogP contribution in [-0.4, -0.2) is 17.6 Å². The van der Waals surface area contributed by atoms with E-state index in [-0.39, 0.29) is 22.6 Å². The van der Waals surface area contributed by atoms with Gasteiger partial charge in [-0.3, -0.25) is 0 Å². The Morgan fingerprint density at radius 3 is 1.36 bits per heavy atom. The summed E-state index contributed by atoms with van der Waals surface area (Å²) in [7, 11) is -6.27. The van der Waals surface area contributed by atoms with Crippen molar-refractivity contribution in [3.63, 3.8) is 0 Å². The molecule has 0 heterocycles. The number of hydrogen-bond acceptors (Lipinski definition) is 2. The molecule has 0 aliphatic carbocycles. The second kappa shape index (κ2) is 2.68. The fourth-order valence-corrected chi connectivity index (χ4v) is 0.415. The zero-order valence-corrected chi connectivity index (χ0v) is 7.47. The molecule has 0 aromatic carbocycles. The summed E-state index contributed by atoms with van der Waals surface area (Å²) in [4.78, 5) is 0. The highest BCUT2D eigenvalue weighted by atomic mass is 127. The third-order valence-corrected chi connectivity index (χ3v) is 3.67. The van der Waals surface area contributed by atoms with E-state index in [1.165, 1.54) is 0 Å². The van der Waals surface area contributed by atoms with Crippen LogP contribution < -0.4 is 0 Å². The first-order valence-electron chi connectivity index (χ1n) is 1.89. The molecule has 0 aliphatic rings. The van der Waals surface area contributed by atoms with Crippen LogP contribution >= 0.6 is 22.6 Å². The van der Waals surface area contributed by atoms with Crippen molar-refractivity contribution in [2.75, 3.05) is 0 Å². The highest BCUT2D eigenvalue weighted by Gasteiger charge is 2.64. The molecule has 0 aromatic heterocycles. The van der Waals surface area contributed by atoms with Crippen LogP contribution in [0.25, 0.3) is 0 Å². The van der Waals surface area contributed by atoms with E-state index in [2.05, 4.69) is 0 Å². The van der Waals surface area contributed by atoms with Crippen LogP contribution in [0.2, 0.25) is 0 Å². The monoisotopic (exact) mass is 310 g/mol. The Hall–Kier alpha value is 0.330. The summed E-state index contributed by atoms with van der Waals surface area (Å²) >= 11 is -0.165. The third-order valence-electron chi connectivity index (χ3n) is 0.636. The van der Waals surface area contributed by atoms with Crippen molar-refractivity contribution < 1.29 is 29.9 Å². The van der Waals surface area contributed by atoms with Crippen LogP contribution in [0.3, 0.4) is 0 Å². The quantitative estimate of drug-likeness (QED) is 0.321. The minimum atomic E-state index is -6.27. The van der Waals surface area contributed by atoms with E-state index in [0.29, 0.717) is 0 Å². The van der Waals surface area contributed by atoms with Crippen molar-refractivity contribution in [1.82, 2.24) is 0 Å². The van der Waals surface area contributed by atoms with Crippen LogP contribution in [0.1, 0.15) is 0 Å². The van der Waals surface area contributed by atoms with Crippen LogP contribution in [0.4, 0.5) is 21.4 Å². The summed E-state index contributed by atoms with van der Waals surface area (Å²) in [5, 5.41) is 0. The molecule has 0 radical (unpaired) electrons. The van der Waals surface area contributed by atoms with Crippen molar-refractivity contribution in [3.05, 3.63) is 0 Å². The lowest BCUT2D eigenvalue weighted by molar-refractivity contribution is -0.162. The first-order valence-corrected chi connectivity index (χ1v) is 4.35. The topological polar surface area (TPSA) is 34.1 Å². The molecule has 0 aromatic rings. The maximum atomic E-state index is 12.0. The van der Waals surface area contributed by atoms with Gasteiger partial charge in [0.05, 0.1) is 0 Å². The molecule has 0 fully saturated rings. The lowest BCUT2D eigenvalue weighted by atomic mass is 10.7. The summed E-state index contributed by atoms with van der Waals surface area (Å²) in [6.45, 7) is 0. The smallest absolute Gasteiger partial charge is 0.201 e. The molecule has 0 N–H and O–H groups in total. The van der Waals surface area contributed by atoms with Crippen molar-refractivity contribution >= 4 is 32.8 Å². The van der Waals surface area contributed by atoms with Gasteiger partial charge < -0.3 is 0 Å². The zero-order chi connectivity index (χ0) is 9.50. The fourth-order valence-electron chi connectivity index (χ4n) is 0.138. The molecule has 0 bridgehead atoms. The SMILES string of the molecule is O=S(=O)(F)C(F)(I)C(F)(F)F. The molecular weight excluding hydrogens is 310 g/mol. The Morgan fingerprint density at radius 2 is 1.36 bits per heavy atom. The average molecular weight is 310 g/mol. The highest BCUT2D eigenvalue weighted by Crippen LogP contribution is 2.44. The van der Waals surface area contributed by atoms with Gasteiger partial charge in [0, 0.05) is 0 Å². The zero-order valence-electron chi connectivity index (χ0n) is 4.49. The molecule has 2 nitrogen and oxygen atoms in total. The minimum Gasteiger partial charge on any atom is -0.201 e. The van der Waals surface area contributed by atoms with Crippen LogP contribution in [0.5, 0.6) is 0 Å². The Morgan fingerprint density at radius 1 is 1.09 bits per heavy atom. The van der Waals surface area contributed by atoms with Gasteiger partial charge in [-0.2, -0.15) is 21.6 Å². The molecule has 0 saturated heterocycles. The summed E-state index contributed by atoms with van der Waals surface area (Å²) in [5.74, 6) is 0. The molecule has 0 aliphatic heterocycles. The van der Waals surface area contributed by atoms with E-state index in [0.717, 1.165) is 0 Å². The van der Waals surface area contributed by atoms with E-state index in [1.807, 2.05) is 0 Å². The van der Waals surface area contributed by atoms with Gasteiger partial charge in [0.1, 0.15) is 0 Å². The van der Waals surface area contributed by atoms with Crippen molar-refractivity contribution in [2.24, 2.45) is 0 Å². The Balaban J connectivity index is 5.08. The molecule has 0 spiro atoms. The molecule has 1 atom stereocenters. The van der Waals surface area contributed by atoms with Crippen LogP contribution in [-0.2, 0) is 10.2 Å². The van der Waals surface area contributed by atoms with E-state index in [4.69, 9.17) is 0 Å². The van der Waals surface area contributed by atoms with Crippen molar-refractivity contribution in [1.29, 1.82) is 0 Å². The fraction of sp³-hybridized carbons (Fsp3) is 1.00. The largest absolute Gasteiger partial charge is 0.450 e. The van der Waals surface area contributed by atoms with Gasteiger partial charge in [-0.1, -0.05) is 0 Å². The van der Waals surface area contributed by atoms with Gasteiger partial charge in [0.2, 0.25) is 0 Å². The maximum Gasteiger partial charge on any atom is 0.450 e. The molecule has 68 valence electrons. The minimum absolute atomic E-state index is 0.165. The van der Waals surface area contributed by atoms with E-state index >= 15 is 0 Å². The summed E-state index contributed by atoms with van der Waals surface area (Å²) in [6, 6.07) is 0. The molecule has 0 rings (SSSR count). The second-order valence-electron chi connectivity index (χ2n) is 1.45. The average Bonchev–Trinajstić information content (AvgIpc) is 1.58. The van der Waals surface area contributed by atoms with Crippen molar-refractivity contribution in [3.8, 4) is 0 Å². The number of rotatable bonds is 1. The van der Waals surface area contributed by atoms with Gasteiger partial charge in [0.15, 0.2) is 0 Å². The first kappa shape index (κ1) is 11.3. The molecular formula is C2F5IO2S. The molecule has 0 amide bonds. The van der Waals surface area contributed by atoms with Gasteiger partial charge in [-0.25, -0.2) is 4.39 Å². The van der Waals surface area contributed by atoms with Crippen LogP contribution in [0.15, 0.2) is 0 Å². The second-order valence-corrected chi connectivity index (χ2v) is 5.11. The van der Waals surface area contributed by atoms with E-state index in [9.17, 15) is 29.9 Å². The predicted molar refractivity (Wildman–Crippen MR) is 33.9 cm³/mol. The van der Waals surface area contributed by atoms with Crippen LogP contribution in [0, 0.1) is 0 Å². The summed E-state index contributed by atoms with van der Waals surface area (Å²) in [6.07, 6.45) is -5.76. The summed E-state index contributed by atoms with van der Waals surface area (Å²) in [5.41, 5.74) is 0. The van der Waals surface area contributed by atoms with Gasteiger partial charge in [-0.05, 0) is 22.6 Å². The third kappa shape index (κ3) is 2.13. The predicted octanol–water partition coefficient (Wildman–Crippen LogP) is 1.91. The number of hydrogen-bond donors (Lipinski definition) is 0. The molecule has 9 heteroatoms. The highest BCUT2D eigenvalue weighted by molar-refractivity contribution is 14.1. The van der Waals surface area contributed by atoms with Crippen molar-refractivity contribution in [2.45, 2.75) is 9.18 Å². The van der Waals surface area contributed by atoms with Gasteiger partial charge >= 0.3 is 19.4 Å². The Bertz CT molecular complexity index is 240. The Kier molecular flexibility index (Phi) is 2.76. The van der Waals surface area contributed by atoms with Gasteiger partial charge in [0.25, 0.3) is 0 Å². The molecule has 11 heavy (non-hydrogen) atoms. The number of alkyl halides is 5.